The van der Waals surface area contributed by atoms with E-state index >= 15 is 0 Å². The molecule has 3 rings (SSSR count). The number of sulfonamides is 1. The third kappa shape index (κ3) is 3.48. The Morgan fingerprint density at radius 2 is 1.96 bits per heavy atom. The van der Waals surface area contributed by atoms with Crippen LogP contribution in [0.3, 0.4) is 0 Å². The number of rotatable bonds is 6. The molecule has 1 saturated carbocycles. The lowest BCUT2D eigenvalue weighted by Crippen LogP contribution is -2.31. The number of esters is 1. The van der Waals surface area contributed by atoms with Gasteiger partial charge in [-0.2, -0.15) is 0 Å². The first-order chi connectivity index (χ1) is 11.0. The fourth-order valence-corrected chi connectivity index (χ4v) is 4.51. The van der Waals surface area contributed by atoms with Crippen molar-refractivity contribution in [3.63, 3.8) is 0 Å². The number of carbonyl (C=O) groups is 1. The van der Waals surface area contributed by atoms with Gasteiger partial charge in [-0.1, -0.05) is 12.2 Å². The van der Waals surface area contributed by atoms with Crippen LogP contribution >= 0.6 is 0 Å². The standard InChI is InChI=1S/C17H21NO4S/c1-2-22-17(19)13-5-7-16(8-6-13)23(20,21)18-11-15-10-12-3-4-14(15)9-12/h3-8,12,14-15,18H,2,9-11H2,1H3/t12-,14-,15+/m0/s1. The molecule has 2 aliphatic carbocycles. The van der Waals surface area contributed by atoms with Gasteiger partial charge in [-0.25, -0.2) is 17.9 Å². The summed E-state index contributed by atoms with van der Waals surface area (Å²) in [6.07, 6.45) is 6.66. The maximum absolute atomic E-state index is 12.4. The van der Waals surface area contributed by atoms with Gasteiger partial charge in [-0.3, -0.25) is 0 Å². The van der Waals surface area contributed by atoms with Crippen LogP contribution in [0.1, 0.15) is 30.1 Å². The van der Waals surface area contributed by atoms with Crippen LogP contribution in [0.2, 0.25) is 0 Å². The van der Waals surface area contributed by atoms with E-state index in [1.165, 1.54) is 24.3 Å². The first-order valence-electron chi connectivity index (χ1n) is 7.95. The lowest BCUT2D eigenvalue weighted by molar-refractivity contribution is 0.0526. The second-order valence-corrected chi connectivity index (χ2v) is 7.90. The molecule has 0 radical (unpaired) electrons. The second kappa shape index (κ2) is 6.45. The van der Waals surface area contributed by atoms with Crippen molar-refractivity contribution in [1.82, 2.24) is 4.72 Å². The first-order valence-corrected chi connectivity index (χ1v) is 9.43. The Morgan fingerprint density at radius 1 is 1.22 bits per heavy atom. The second-order valence-electron chi connectivity index (χ2n) is 6.14. The third-order valence-corrected chi connectivity index (χ3v) is 6.07. The summed E-state index contributed by atoms with van der Waals surface area (Å²) < 4.78 is 32.3. The molecule has 6 heteroatoms. The minimum Gasteiger partial charge on any atom is -0.462 e. The van der Waals surface area contributed by atoms with Crippen molar-refractivity contribution < 1.29 is 17.9 Å². The monoisotopic (exact) mass is 335 g/mol. The van der Waals surface area contributed by atoms with E-state index in [4.69, 9.17) is 4.74 Å². The summed E-state index contributed by atoms with van der Waals surface area (Å²) in [7, 11) is -3.55. The molecular weight excluding hydrogens is 314 g/mol. The van der Waals surface area contributed by atoms with Crippen LogP contribution in [-0.4, -0.2) is 27.5 Å². The highest BCUT2D eigenvalue weighted by molar-refractivity contribution is 7.89. The van der Waals surface area contributed by atoms with Gasteiger partial charge in [0.05, 0.1) is 17.1 Å². The smallest absolute Gasteiger partial charge is 0.338 e. The summed E-state index contributed by atoms with van der Waals surface area (Å²) in [5, 5.41) is 0. The van der Waals surface area contributed by atoms with Crippen LogP contribution in [-0.2, 0) is 14.8 Å². The average molecular weight is 335 g/mol. The highest BCUT2D eigenvalue weighted by atomic mass is 32.2. The van der Waals surface area contributed by atoms with Crippen LogP contribution in [0.25, 0.3) is 0 Å². The van der Waals surface area contributed by atoms with E-state index in [1.807, 2.05) is 0 Å². The number of carbonyl (C=O) groups excluding carboxylic acids is 1. The molecule has 0 spiro atoms. The normalized spacial score (nSPS) is 25.7. The predicted octanol–water partition coefficient (Wildman–Crippen LogP) is 2.35. The first kappa shape index (κ1) is 16.2. The molecule has 124 valence electrons. The molecule has 0 heterocycles. The molecule has 3 atom stereocenters. The molecule has 5 nitrogen and oxygen atoms in total. The van der Waals surface area contributed by atoms with Crippen molar-refractivity contribution >= 4 is 16.0 Å². The minimum atomic E-state index is -3.55. The number of nitrogens with one attached hydrogen (secondary N) is 1. The molecule has 0 aliphatic heterocycles. The molecule has 0 amide bonds. The summed E-state index contributed by atoms with van der Waals surface area (Å²) in [6.45, 7) is 2.48. The topological polar surface area (TPSA) is 72.5 Å². The van der Waals surface area contributed by atoms with E-state index in [9.17, 15) is 13.2 Å². The van der Waals surface area contributed by atoms with Crippen LogP contribution in [0.4, 0.5) is 0 Å². The number of fused-ring (bicyclic) bond motifs is 2. The van der Waals surface area contributed by atoms with Crippen molar-refractivity contribution in [2.24, 2.45) is 17.8 Å². The third-order valence-electron chi connectivity index (χ3n) is 4.63. The summed E-state index contributed by atoms with van der Waals surface area (Å²) in [5.74, 6) is 1.07. The Bertz CT molecular complexity index is 709. The number of hydrogen-bond donors (Lipinski definition) is 1. The molecule has 1 fully saturated rings. The molecule has 1 N–H and O–H groups in total. The largest absolute Gasteiger partial charge is 0.462 e. The summed E-state index contributed by atoms with van der Waals surface area (Å²) in [4.78, 5) is 11.8. The van der Waals surface area contributed by atoms with E-state index in [-0.39, 0.29) is 4.90 Å². The number of benzene rings is 1. The highest BCUT2D eigenvalue weighted by Gasteiger charge is 2.35. The van der Waals surface area contributed by atoms with Gasteiger partial charge in [0, 0.05) is 6.54 Å². The van der Waals surface area contributed by atoms with Gasteiger partial charge in [0.25, 0.3) is 0 Å². The van der Waals surface area contributed by atoms with Gasteiger partial charge >= 0.3 is 5.97 Å². The van der Waals surface area contributed by atoms with Gasteiger partial charge < -0.3 is 4.74 Å². The molecule has 23 heavy (non-hydrogen) atoms. The Kier molecular flexibility index (Phi) is 4.55. The zero-order valence-electron chi connectivity index (χ0n) is 13.1. The Labute approximate surface area is 136 Å². The van der Waals surface area contributed by atoms with Crippen LogP contribution in [0.15, 0.2) is 41.3 Å². The van der Waals surface area contributed by atoms with Gasteiger partial charge in [0.1, 0.15) is 0 Å². The summed E-state index contributed by atoms with van der Waals surface area (Å²) >= 11 is 0. The van der Waals surface area contributed by atoms with Crippen LogP contribution < -0.4 is 4.72 Å². The number of allylic oxidation sites excluding steroid dienone is 2. The molecule has 2 aliphatic rings. The van der Waals surface area contributed by atoms with Gasteiger partial charge in [-0.05, 0) is 61.8 Å². The van der Waals surface area contributed by atoms with Crippen molar-refractivity contribution in [2.45, 2.75) is 24.7 Å². The van der Waals surface area contributed by atoms with Gasteiger partial charge in [0.2, 0.25) is 10.0 Å². The number of hydrogen-bond acceptors (Lipinski definition) is 4. The molecule has 1 aromatic rings. The maximum atomic E-state index is 12.4. The quantitative estimate of drug-likeness (QED) is 0.640. The Morgan fingerprint density at radius 3 is 2.52 bits per heavy atom. The number of ether oxygens (including phenoxy) is 1. The summed E-state index contributed by atoms with van der Waals surface area (Å²) in [5.41, 5.74) is 0.351. The van der Waals surface area contributed by atoms with E-state index in [0.717, 1.165) is 12.8 Å². The van der Waals surface area contributed by atoms with Crippen molar-refractivity contribution in [1.29, 1.82) is 0 Å². The Balaban J connectivity index is 1.63. The highest BCUT2D eigenvalue weighted by Crippen LogP contribution is 2.43. The van der Waals surface area contributed by atoms with E-state index in [1.54, 1.807) is 6.92 Å². The van der Waals surface area contributed by atoms with Crippen molar-refractivity contribution in [3.8, 4) is 0 Å². The van der Waals surface area contributed by atoms with Crippen molar-refractivity contribution in [3.05, 3.63) is 42.0 Å². The van der Waals surface area contributed by atoms with E-state index < -0.39 is 16.0 Å². The lowest BCUT2D eigenvalue weighted by atomic mass is 9.94. The zero-order chi connectivity index (χ0) is 16.4. The molecular formula is C17H21NO4S. The molecule has 0 unspecified atom stereocenters. The lowest BCUT2D eigenvalue weighted by Gasteiger charge is -2.18. The van der Waals surface area contributed by atoms with Crippen LogP contribution in [0, 0.1) is 17.8 Å². The fourth-order valence-electron chi connectivity index (χ4n) is 3.41. The average Bonchev–Trinajstić information content (AvgIpc) is 3.16. The molecule has 0 saturated heterocycles. The van der Waals surface area contributed by atoms with Crippen LogP contribution in [0.5, 0.6) is 0 Å². The summed E-state index contributed by atoms with van der Waals surface area (Å²) in [6, 6.07) is 5.84. The zero-order valence-corrected chi connectivity index (χ0v) is 13.9. The molecule has 0 aromatic heterocycles. The molecule has 2 bridgehead atoms. The van der Waals surface area contributed by atoms with Gasteiger partial charge in [-0.15, -0.1) is 0 Å². The van der Waals surface area contributed by atoms with E-state index in [0.29, 0.717) is 36.5 Å². The maximum Gasteiger partial charge on any atom is 0.338 e. The SMILES string of the molecule is CCOC(=O)c1ccc(S(=O)(=O)NC[C@H]2C[C@H]3C=C[C@H]2C3)cc1. The van der Waals surface area contributed by atoms with Crippen molar-refractivity contribution in [2.75, 3.05) is 13.2 Å². The minimum absolute atomic E-state index is 0.171. The predicted molar refractivity (Wildman–Crippen MR) is 86.4 cm³/mol. The van der Waals surface area contributed by atoms with E-state index in [2.05, 4.69) is 16.9 Å². The van der Waals surface area contributed by atoms with Gasteiger partial charge in [0.15, 0.2) is 0 Å². The Hall–Kier alpha value is -1.66. The fraction of sp³-hybridized carbons (Fsp3) is 0.471. The molecule has 1 aromatic carbocycles.